The van der Waals surface area contributed by atoms with Crippen LogP contribution in [0.1, 0.15) is 18.5 Å². The molecular weight excluding hydrogens is 271 g/mol. The lowest BCUT2D eigenvalue weighted by Gasteiger charge is -2.13. The van der Waals surface area contributed by atoms with E-state index in [0.29, 0.717) is 21.7 Å². The normalized spacial score (nSPS) is 12.2. The first-order valence-electron chi connectivity index (χ1n) is 5.41. The Bertz CT molecular complexity index is 558. The van der Waals surface area contributed by atoms with Crippen molar-refractivity contribution in [3.05, 3.63) is 52.1 Å². The number of rotatable bonds is 3. The largest absolute Gasteiger partial charge is 0.437 e. The van der Waals surface area contributed by atoms with Gasteiger partial charge in [-0.3, -0.25) is 0 Å². The number of nitrogens with zero attached hydrogens (tertiary/aromatic N) is 1. The standard InChI is InChI=1S/C13H12Cl2N2O/c1-8(16)10-3-2-6-17-13(10)18-12-5-4-9(14)7-11(12)15/h2-8H,16H2,1H3. The molecule has 1 aromatic heterocycles. The molecular formula is C13H12Cl2N2O. The van der Waals surface area contributed by atoms with Crippen LogP contribution in [0, 0.1) is 0 Å². The summed E-state index contributed by atoms with van der Waals surface area (Å²) >= 11 is 11.9. The first-order valence-corrected chi connectivity index (χ1v) is 6.17. The molecule has 0 fully saturated rings. The van der Waals surface area contributed by atoms with Crippen molar-refractivity contribution in [2.45, 2.75) is 13.0 Å². The zero-order valence-corrected chi connectivity index (χ0v) is 11.2. The molecule has 1 unspecified atom stereocenters. The van der Waals surface area contributed by atoms with Crippen molar-refractivity contribution in [1.82, 2.24) is 4.98 Å². The first-order chi connectivity index (χ1) is 8.58. The summed E-state index contributed by atoms with van der Waals surface area (Å²) in [7, 11) is 0. The van der Waals surface area contributed by atoms with Gasteiger partial charge in [0.1, 0.15) is 5.75 Å². The van der Waals surface area contributed by atoms with Crippen molar-refractivity contribution in [2.75, 3.05) is 0 Å². The Labute approximate surface area is 115 Å². The highest BCUT2D eigenvalue weighted by Crippen LogP contribution is 2.33. The number of halogens is 2. The van der Waals surface area contributed by atoms with Crippen molar-refractivity contribution in [1.29, 1.82) is 0 Å². The summed E-state index contributed by atoms with van der Waals surface area (Å²) in [4.78, 5) is 4.16. The fourth-order valence-electron chi connectivity index (χ4n) is 1.50. The fraction of sp³-hybridized carbons (Fsp3) is 0.154. The van der Waals surface area contributed by atoms with E-state index in [4.69, 9.17) is 33.7 Å². The maximum atomic E-state index is 6.04. The predicted molar refractivity (Wildman–Crippen MR) is 73.4 cm³/mol. The van der Waals surface area contributed by atoms with E-state index in [-0.39, 0.29) is 6.04 Å². The van der Waals surface area contributed by atoms with E-state index in [1.54, 1.807) is 24.4 Å². The Morgan fingerprint density at radius 2 is 2.06 bits per heavy atom. The first kappa shape index (κ1) is 13.1. The molecule has 0 aliphatic carbocycles. The zero-order chi connectivity index (χ0) is 13.1. The Morgan fingerprint density at radius 1 is 1.28 bits per heavy atom. The Hall–Kier alpha value is -1.29. The van der Waals surface area contributed by atoms with Gasteiger partial charge in [0.05, 0.1) is 5.02 Å². The third kappa shape index (κ3) is 2.93. The molecule has 3 nitrogen and oxygen atoms in total. The van der Waals surface area contributed by atoms with E-state index < -0.39 is 0 Å². The summed E-state index contributed by atoms with van der Waals surface area (Å²) in [5.74, 6) is 0.957. The molecule has 2 aromatic rings. The average molecular weight is 283 g/mol. The third-order valence-corrected chi connectivity index (χ3v) is 2.92. The molecule has 2 N–H and O–H groups in total. The Kier molecular flexibility index (Phi) is 4.07. The van der Waals surface area contributed by atoms with Gasteiger partial charge >= 0.3 is 0 Å². The van der Waals surface area contributed by atoms with Crippen molar-refractivity contribution in [3.63, 3.8) is 0 Å². The van der Waals surface area contributed by atoms with Gasteiger partial charge < -0.3 is 10.5 Å². The van der Waals surface area contributed by atoms with E-state index in [0.717, 1.165) is 5.56 Å². The van der Waals surface area contributed by atoms with Crippen LogP contribution in [-0.4, -0.2) is 4.98 Å². The molecule has 0 aliphatic heterocycles. The van der Waals surface area contributed by atoms with Crippen LogP contribution in [0.15, 0.2) is 36.5 Å². The maximum absolute atomic E-state index is 6.04. The molecule has 0 spiro atoms. The molecule has 1 atom stereocenters. The lowest BCUT2D eigenvalue weighted by Crippen LogP contribution is -2.07. The van der Waals surface area contributed by atoms with Gasteiger partial charge in [-0.15, -0.1) is 0 Å². The second-order valence-corrected chi connectivity index (χ2v) is 4.71. The Balaban J connectivity index is 2.34. The van der Waals surface area contributed by atoms with Crippen LogP contribution in [0.4, 0.5) is 0 Å². The molecule has 18 heavy (non-hydrogen) atoms. The number of benzene rings is 1. The number of hydrogen-bond donors (Lipinski definition) is 1. The summed E-state index contributed by atoms with van der Waals surface area (Å²) in [6, 6.07) is 8.54. The molecule has 0 radical (unpaired) electrons. The van der Waals surface area contributed by atoms with E-state index in [2.05, 4.69) is 4.98 Å². The molecule has 0 aliphatic rings. The topological polar surface area (TPSA) is 48.1 Å². The quantitative estimate of drug-likeness (QED) is 0.918. The second-order valence-electron chi connectivity index (χ2n) is 3.86. The van der Waals surface area contributed by atoms with Crippen molar-refractivity contribution in [3.8, 4) is 11.6 Å². The number of pyridine rings is 1. The lowest BCUT2D eigenvalue weighted by molar-refractivity contribution is 0.452. The van der Waals surface area contributed by atoms with Crippen LogP contribution in [0.5, 0.6) is 11.6 Å². The van der Waals surface area contributed by atoms with Gasteiger partial charge in [-0.25, -0.2) is 4.98 Å². The van der Waals surface area contributed by atoms with Gasteiger partial charge in [0.25, 0.3) is 0 Å². The van der Waals surface area contributed by atoms with Gasteiger partial charge in [-0.1, -0.05) is 29.3 Å². The molecule has 2 rings (SSSR count). The number of aromatic nitrogens is 1. The molecule has 1 heterocycles. The van der Waals surface area contributed by atoms with E-state index >= 15 is 0 Å². The van der Waals surface area contributed by atoms with E-state index in [1.807, 2.05) is 19.1 Å². The molecule has 0 amide bonds. The molecule has 0 saturated carbocycles. The molecule has 94 valence electrons. The lowest BCUT2D eigenvalue weighted by atomic mass is 10.1. The number of ether oxygens (including phenoxy) is 1. The second kappa shape index (κ2) is 5.57. The Morgan fingerprint density at radius 3 is 2.72 bits per heavy atom. The minimum absolute atomic E-state index is 0.167. The van der Waals surface area contributed by atoms with Crippen molar-refractivity contribution >= 4 is 23.2 Å². The van der Waals surface area contributed by atoms with Crippen LogP contribution >= 0.6 is 23.2 Å². The summed E-state index contributed by atoms with van der Waals surface area (Å²) in [6.45, 7) is 1.87. The van der Waals surface area contributed by atoms with E-state index in [1.165, 1.54) is 0 Å². The summed E-state index contributed by atoms with van der Waals surface area (Å²) in [6.07, 6.45) is 1.64. The van der Waals surface area contributed by atoms with Crippen LogP contribution in [-0.2, 0) is 0 Å². The maximum Gasteiger partial charge on any atom is 0.224 e. The van der Waals surface area contributed by atoms with E-state index in [9.17, 15) is 0 Å². The highest BCUT2D eigenvalue weighted by molar-refractivity contribution is 6.35. The van der Waals surface area contributed by atoms with Gasteiger partial charge in [0.15, 0.2) is 0 Å². The zero-order valence-electron chi connectivity index (χ0n) is 9.73. The summed E-state index contributed by atoms with van der Waals surface area (Å²) < 4.78 is 5.67. The highest BCUT2D eigenvalue weighted by Gasteiger charge is 2.11. The third-order valence-electron chi connectivity index (χ3n) is 2.39. The summed E-state index contributed by atoms with van der Waals surface area (Å²) in [5.41, 5.74) is 6.68. The predicted octanol–water partition coefficient (Wildman–Crippen LogP) is 4.20. The fourth-order valence-corrected chi connectivity index (χ4v) is 1.94. The van der Waals surface area contributed by atoms with Gasteiger partial charge in [-0.2, -0.15) is 0 Å². The van der Waals surface area contributed by atoms with Crippen LogP contribution < -0.4 is 10.5 Å². The highest BCUT2D eigenvalue weighted by atomic mass is 35.5. The van der Waals surface area contributed by atoms with Gasteiger partial charge in [-0.05, 0) is 31.2 Å². The molecule has 5 heteroatoms. The van der Waals surface area contributed by atoms with Crippen LogP contribution in [0.2, 0.25) is 10.0 Å². The average Bonchev–Trinajstić information content (AvgIpc) is 2.33. The SMILES string of the molecule is CC(N)c1cccnc1Oc1ccc(Cl)cc1Cl. The number of nitrogens with two attached hydrogens (primary N) is 1. The monoisotopic (exact) mass is 282 g/mol. The van der Waals surface area contributed by atoms with Crippen molar-refractivity contribution < 1.29 is 4.74 Å². The summed E-state index contributed by atoms with van der Waals surface area (Å²) in [5, 5.41) is 0.990. The van der Waals surface area contributed by atoms with Gasteiger partial charge in [0, 0.05) is 22.8 Å². The molecule has 1 aromatic carbocycles. The smallest absolute Gasteiger partial charge is 0.224 e. The molecule has 0 saturated heterocycles. The van der Waals surface area contributed by atoms with Crippen LogP contribution in [0.3, 0.4) is 0 Å². The van der Waals surface area contributed by atoms with Gasteiger partial charge in [0.2, 0.25) is 5.88 Å². The minimum atomic E-state index is -0.167. The van der Waals surface area contributed by atoms with Crippen LogP contribution in [0.25, 0.3) is 0 Å². The van der Waals surface area contributed by atoms with Crippen molar-refractivity contribution in [2.24, 2.45) is 5.73 Å². The molecule has 0 bridgehead atoms. The minimum Gasteiger partial charge on any atom is -0.437 e. The number of hydrogen-bond acceptors (Lipinski definition) is 3.